The molecular formula is C15H19N3OS. The van der Waals surface area contributed by atoms with Crippen molar-refractivity contribution in [3.05, 3.63) is 29.1 Å². The van der Waals surface area contributed by atoms with Gasteiger partial charge in [-0.05, 0) is 20.0 Å². The van der Waals surface area contributed by atoms with Gasteiger partial charge in [-0.2, -0.15) is 0 Å². The number of nitrogen functional groups attached to an aromatic ring is 1. The summed E-state index contributed by atoms with van der Waals surface area (Å²) in [5.41, 5.74) is 6.80. The number of hydrogen-bond donors (Lipinski definition) is 1. The second kappa shape index (κ2) is 5.07. The molecule has 0 saturated carbocycles. The van der Waals surface area contributed by atoms with E-state index in [-0.39, 0.29) is 11.9 Å². The number of nitrogens with two attached hydrogens (primary N) is 1. The van der Waals surface area contributed by atoms with E-state index in [0.29, 0.717) is 10.6 Å². The van der Waals surface area contributed by atoms with Crippen molar-refractivity contribution in [1.82, 2.24) is 9.80 Å². The lowest BCUT2D eigenvalue weighted by atomic mass is 10.1. The standard InChI is InChI=1S/C15H19N3OS/c1-10-9-17(2)7-8-18(10)15(19)14-13(16)11-5-3-4-6-12(11)20-14/h3-6,10H,7-9,16H2,1-2H3. The van der Waals surface area contributed by atoms with Gasteiger partial charge in [-0.3, -0.25) is 4.79 Å². The van der Waals surface area contributed by atoms with Crippen LogP contribution in [0, 0.1) is 0 Å². The molecule has 1 aliphatic heterocycles. The summed E-state index contributed by atoms with van der Waals surface area (Å²) < 4.78 is 1.08. The first-order valence-corrected chi connectivity index (χ1v) is 7.66. The van der Waals surface area contributed by atoms with Gasteiger partial charge in [0.1, 0.15) is 4.88 Å². The fraction of sp³-hybridized carbons (Fsp3) is 0.400. The molecule has 4 nitrogen and oxygen atoms in total. The molecule has 1 amide bonds. The second-order valence-electron chi connectivity index (χ2n) is 5.45. The normalized spacial score (nSPS) is 20.5. The molecule has 0 bridgehead atoms. The summed E-state index contributed by atoms with van der Waals surface area (Å²) in [7, 11) is 2.09. The molecule has 20 heavy (non-hydrogen) atoms. The number of thiophene rings is 1. The van der Waals surface area contributed by atoms with E-state index in [1.165, 1.54) is 11.3 Å². The van der Waals surface area contributed by atoms with Crippen LogP contribution in [0.5, 0.6) is 0 Å². The summed E-state index contributed by atoms with van der Waals surface area (Å²) in [5.74, 6) is 0.0734. The van der Waals surface area contributed by atoms with Crippen LogP contribution in [-0.4, -0.2) is 48.4 Å². The zero-order valence-corrected chi connectivity index (χ0v) is 12.6. The topological polar surface area (TPSA) is 49.6 Å². The summed E-state index contributed by atoms with van der Waals surface area (Å²) in [6.45, 7) is 4.69. The number of nitrogens with zero attached hydrogens (tertiary/aromatic N) is 2. The molecule has 1 aromatic carbocycles. The van der Waals surface area contributed by atoms with Crippen LogP contribution < -0.4 is 5.73 Å². The smallest absolute Gasteiger partial charge is 0.266 e. The van der Waals surface area contributed by atoms with Gasteiger partial charge in [0.2, 0.25) is 0 Å². The van der Waals surface area contributed by atoms with Crippen molar-refractivity contribution in [2.24, 2.45) is 0 Å². The van der Waals surface area contributed by atoms with Gasteiger partial charge in [0.15, 0.2) is 0 Å². The minimum absolute atomic E-state index is 0.0734. The Morgan fingerprint density at radius 3 is 2.80 bits per heavy atom. The second-order valence-corrected chi connectivity index (χ2v) is 6.50. The summed E-state index contributed by atoms with van der Waals surface area (Å²) in [6, 6.07) is 8.15. The lowest BCUT2D eigenvalue weighted by molar-refractivity contribution is 0.0539. The number of piperazine rings is 1. The number of anilines is 1. The number of carbonyl (C=O) groups excluding carboxylic acids is 1. The maximum atomic E-state index is 12.7. The van der Waals surface area contributed by atoms with E-state index < -0.39 is 0 Å². The number of carbonyl (C=O) groups is 1. The molecule has 2 heterocycles. The number of hydrogen-bond acceptors (Lipinski definition) is 4. The molecule has 1 aromatic heterocycles. The first-order valence-electron chi connectivity index (χ1n) is 6.84. The number of rotatable bonds is 1. The average molecular weight is 289 g/mol. The van der Waals surface area contributed by atoms with Crippen LogP contribution in [0.1, 0.15) is 16.6 Å². The van der Waals surface area contributed by atoms with Crippen molar-refractivity contribution < 1.29 is 4.79 Å². The van der Waals surface area contributed by atoms with E-state index in [1.54, 1.807) is 0 Å². The molecule has 1 aliphatic rings. The highest BCUT2D eigenvalue weighted by Crippen LogP contribution is 2.34. The molecule has 2 aromatic rings. The third-order valence-electron chi connectivity index (χ3n) is 3.92. The average Bonchev–Trinajstić information content (AvgIpc) is 2.76. The molecule has 0 spiro atoms. The highest BCUT2D eigenvalue weighted by molar-refractivity contribution is 7.21. The summed E-state index contributed by atoms with van der Waals surface area (Å²) in [6.07, 6.45) is 0. The van der Waals surface area contributed by atoms with Crippen molar-refractivity contribution in [1.29, 1.82) is 0 Å². The Balaban J connectivity index is 1.94. The van der Waals surface area contributed by atoms with E-state index in [1.807, 2.05) is 29.2 Å². The van der Waals surface area contributed by atoms with Crippen molar-refractivity contribution in [3.63, 3.8) is 0 Å². The lowest BCUT2D eigenvalue weighted by Crippen LogP contribution is -2.52. The Morgan fingerprint density at radius 1 is 1.35 bits per heavy atom. The molecule has 2 N–H and O–H groups in total. The fourth-order valence-corrected chi connectivity index (χ4v) is 3.88. The maximum absolute atomic E-state index is 12.7. The molecule has 5 heteroatoms. The van der Waals surface area contributed by atoms with Crippen LogP contribution in [0.4, 0.5) is 5.69 Å². The van der Waals surface area contributed by atoms with E-state index in [9.17, 15) is 4.79 Å². The molecular weight excluding hydrogens is 270 g/mol. The molecule has 1 unspecified atom stereocenters. The molecule has 0 radical (unpaired) electrons. The maximum Gasteiger partial charge on any atom is 0.266 e. The van der Waals surface area contributed by atoms with Gasteiger partial charge >= 0.3 is 0 Å². The van der Waals surface area contributed by atoms with Gasteiger partial charge in [-0.1, -0.05) is 18.2 Å². The van der Waals surface area contributed by atoms with Crippen LogP contribution in [0.2, 0.25) is 0 Å². The highest BCUT2D eigenvalue weighted by Gasteiger charge is 2.29. The predicted octanol–water partition coefficient (Wildman–Crippen LogP) is 2.26. The van der Waals surface area contributed by atoms with Crippen molar-refractivity contribution in [2.45, 2.75) is 13.0 Å². The number of benzene rings is 1. The number of fused-ring (bicyclic) bond motifs is 1. The summed E-state index contributed by atoms with van der Waals surface area (Å²) >= 11 is 1.50. The Morgan fingerprint density at radius 2 is 2.10 bits per heavy atom. The van der Waals surface area contributed by atoms with Crippen LogP contribution in [0.15, 0.2) is 24.3 Å². The Hall–Kier alpha value is -1.59. The van der Waals surface area contributed by atoms with Crippen molar-refractivity contribution in [3.8, 4) is 0 Å². The molecule has 1 saturated heterocycles. The lowest BCUT2D eigenvalue weighted by Gasteiger charge is -2.38. The molecule has 1 atom stereocenters. The highest BCUT2D eigenvalue weighted by atomic mass is 32.1. The van der Waals surface area contributed by atoms with Crippen molar-refractivity contribution in [2.75, 3.05) is 32.4 Å². The Kier molecular flexibility index (Phi) is 3.40. The van der Waals surface area contributed by atoms with Crippen LogP contribution >= 0.6 is 11.3 Å². The van der Waals surface area contributed by atoms with Gasteiger partial charge in [-0.15, -0.1) is 11.3 Å². The van der Waals surface area contributed by atoms with Gasteiger partial charge in [0, 0.05) is 35.8 Å². The largest absolute Gasteiger partial charge is 0.397 e. The van der Waals surface area contributed by atoms with Crippen LogP contribution in [0.3, 0.4) is 0 Å². The molecule has 0 aliphatic carbocycles. The third-order valence-corrected chi connectivity index (χ3v) is 5.09. The van der Waals surface area contributed by atoms with E-state index in [4.69, 9.17) is 5.73 Å². The number of likely N-dealkylation sites (N-methyl/N-ethyl adjacent to an activating group) is 1. The monoisotopic (exact) mass is 289 g/mol. The summed E-state index contributed by atoms with van der Waals surface area (Å²) in [5, 5.41) is 0.989. The zero-order valence-electron chi connectivity index (χ0n) is 11.8. The summed E-state index contributed by atoms with van der Waals surface area (Å²) in [4.78, 5) is 17.6. The fourth-order valence-electron chi connectivity index (χ4n) is 2.80. The molecule has 106 valence electrons. The van der Waals surface area contributed by atoms with Crippen molar-refractivity contribution >= 4 is 33.0 Å². The quantitative estimate of drug-likeness (QED) is 0.876. The van der Waals surface area contributed by atoms with Gasteiger partial charge in [-0.25, -0.2) is 0 Å². The minimum Gasteiger partial charge on any atom is -0.397 e. The SMILES string of the molecule is CC1CN(C)CCN1C(=O)c1sc2ccccc2c1N. The number of amides is 1. The Labute approximate surface area is 122 Å². The Bertz CT molecular complexity index is 652. The first-order chi connectivity index (χ1) is 9.58. The van der Waals surface area contributed by atoms with Gasteiger partial charge in [0.05, 0.1) is 5.69 Å². The third kappa shape index (κ3) is 2.17. The minimum atomic E-state index is 0.0734. The predicted molar refractivity (Wildman–Crippen MR) is 84.2 cm³/mol. The van der Waals surface area contributed by atoms with E-state index in [2.05, 4.69) is 18.9 Å². The van der Waals surface area contributed by atoms with E-state index >= 15 is 0 Å². The van der Waals surface area contributed by atoms with Crippen LogP contribution in [-0.2, 0) is 0 Å². The molecule has 1 fully saturated rings. The first kappa shape index (κ1) is 13.4. The van der Waals surface area contributed by atoms with Gasteiger partial charge in [0.25, 0.3) is 5.91 Å². The van der Waals surface area contributed by atoms with Crippen LogP contribution in [0.25, 0.3) is 10.1 Å². The zero-order chi connectivity index (χ0) is 14.3. The molecule has 3 rings (SSSR count). The van der Waals surface area contributed by atoms with E-state index in [0.717, 1.165) is 29.7 Å². The van der Waals surface area contributed by atoms with Gasteiger partial charge < -0.3 is 15.5 Å².